The van der Waals surface area contributed by atoms with E-state index in [0.717, 1.165) is 16.5 Å². The summed E-state index contributed by atoms with van der Waals surface area (Å²) < 4.78 is 0. The van der Waals surface area contributed by atoms with Gasteiger partial charge in [0.2, 0.25) is 41.1 Å². The van der Waals surface area contributed by atoms with Crippen LogP contribution in [-0.4, -0.2) is 129 Å². The number of fused-ring (bicyclic) bond motifs is 1. The van der Waals surface area contributed by atoms with Crippen LogP contribution in [0.15, 0.2) is 85.1 Å². The second kappa shape index (κ2) is 26.6. The molecular formula is C45H57N9O10S2. The van der Waals surface area contributed by atoms with Crippen molar-refractivity contribution < 1.29 is 48.6 Å². The summed E-state index contributed by atoms with van der Waals surface area (Å²) in [5, 5.41) is 30.4. The van der Waals surface area contributed by atoms with E-state index in [1.165, 1.54) is 35.7 Å². The van der Waals surface area contributed by atoms with Crippen LogP contribution in [0.25, 0.3) is 10.9 Å². The monoisotopic (exact) mass is 947 g/mol. The first-order valence-corrected chi connectivity index (χ1v) is 23.8. The molecule has 0 aliphatic carbocycles. The molecule has 13 N–H and O–H groups in total. The maximum Gasteiger partial charge on any atom is 0.305 e. The molecule has 0 bridgehead atoms. The van der Waals surface area contributed by atoms with Gasteiger partial charge in [-0.25, -0.2) is 10.9 Å². The Hall–Kier alpha value is -6.26. The zero-order chi connectivity index (χ0) is 48.2. The third-order valence-electron chi connectivity index (χ3n) is 10.4. The summed E-state index contributed by atoms with van der Waals surface area (Å²) in [6, 6.07) is 14.6. The van der Waals surface area contributed by atoms with Crippen LogP contribution < -0.4 is 43.6 Å². The zero-order valence-corrected chi connectivity index (χ0v) is 38.2. The number of aromatic amines is 1. The maximum atomic E-state index is 14.1. The number of nitrogens with two attached hydrogens (primary N) is 2. The molecule has 6 atom stereocenters. The van der Waals surface area contributed by atoms with Gasteiger partial charge in [0.05, 0.1) is 25.0 Å². The van der Waals surface area contributed by atoms with Crippen LogP contribution in [0.2, 0.25) is 0 Å². The predicted molar refractivity (Wildman–Crippen MR) is 252 cm³/mol. The summed E-state index contributed by atoms with van der Waals surface area (Å²) in [7, 11) is 0. The number of thioether (sulfide) groups is 2. The number of primary amides is 1. The second-order valence-electron chi connectivity index (χ2n) is 15.4. The van der Waals surface area contributed by atoms with Gasteiger partial charge in [-0.05, 0) is 84.6 Å². The number of ketones is 2. The van der Waals surface area contributed by atoms with E-state index >= 15 is 0 Å². The molecule has 4 aromatic rings. The number of amides is 5. The number of carbonyl (C=O) groups is 8. The molecule has 354 valence electrons. The van der Waals surface area contributed by atoms with Crippen molar-refractivity contribution in [1.82, 2.24) is 37.1 Å². The van der Waals surface area contributed by atoms with Crippen LogP contribution in [0, 0.1) is 0 Å². The summed E-state index contributed by atoms with van der Waals surface area (Å²) >= 11 is 2.76. The summed E-state index contributed by atoms with van der Waals surface area (Å²) in [4.78, 5) is 109. The summed E-state index contributed by atoms with van der Waals surface area (Å²) in [6.45, 7) is -0.644. The highest BCUT2D eigenvalue weighted by atomic mass is 32.2. The van der Waals surface area contributed by atoms with Gasteiger partial charge in [0.15, 0.2) is 0 Å². The lowest BCUT2D eigenvalue weighted by molar-refractivity contribution is -0.140. The van der Waals surface area contributed by atoms with Crippen molar-refractivity contribution >= 4 is 81.5 Å². The molecule has 0 spiro atoms. The number of Topliss-reactive ketones (excluding diaryl/α,β-unsaturated/α-hetero) is 2. The van der Waals surface area contributed by atoms with Gasteiger partial charge in [-0.15, -0.1) is 0 Å². The number of phenols is 1. The number of carboxylic acid groups (broad SMARTS) is 1. The minimum atomic E-state index is -1.48. The van der Waals surface area contributed by atoms with Crippen LogP contribution in [0.1, 0.15) is 36.0 Å². The molecule has 1 aromatic heterocycles. The van der Waals surface area contributed by atoms with Crippen LogP contribution in [0.4, 0.5) is 0 Å². The fourth-order valence-corrected chi connectivity index (χ4v) is 7.75. The minimum Gasteiger partial charge on any atom is -0.508 e. The third kappa shape index (κ3) is 16.6. The highest BCUT2D eigenvalue weighted by Gasteiger charge is 2.33. The quantitative estimate of drug-likeness (QED) is 0.0257. The highest BCUT2D eigenvalue weighted by Crippen LogP contribution is 2.20. The first-order valence-electron chi connectivity index (χ1n) is 21.0. The van der Waals surface area contributed by atoms with Crippen molar-refractivity contribution in [2.75, 3.05) is 30.6 Å². The molecule has 0 saturated heterocycles. The van der Waals surface area contributed by atoms with Gasteiger partial charge in [0.1, 0.15) is 29.9 Å². The number of hydrazine groups is 1. The molecule has 66 heavy (non-hydrogen) atoms. The maximum absolute atomic E-state index is 14.1. The SMILES string of the molecule is CSCCC(NC(=O)C(CC(=O)O)NNC(Cc1ccccc1)C(N)=O)C(=O)NC(Cc1c[nH]c2ccccc12)C(=O)NCC(=O)NC(CCSC)C(=O)C(=O)C(N)Cc1ccc(O)cc1. The Labute approximate surface area is 390 Å². The number of aromatic nitrogens is 1. The number of aromatic hydroxyl groups is 1. The molecule has 19 nitrogen and oxygen atoms in total. The second-order valence-corrected chi connectivity index (χ2v) is 17.3. The van der Waals surface area contributed by atoms with Gasteiger partial charge in [-0.2, -0.15) is 23.5 Å². The molecule has 0 aliphatic rings. The van der Waals surface area contributed by atoms with E-state index in [9.17, 15) is 48.6 Å². The van der Waals surface area contributed by atoms with Gasteiger partial charge >= 0.3 is 5.97 Å². The molecule has 6 unspecified atom stereocenters. The summed E-state index contributed by atoms with van der Waals surface area (Å²) in [5.41, 5.74) is 19.7. The molecule has 3 aromatic carbocycles. The van der Waals surface area contributed by atoms with Crippen molar-refractivity contribution in [2.24, 2.45) is 11.5 Å². The zero-order valence-electron chi connectivity index (χ0n) is 36.5. The summed E-state index contributed by atoms with van der Waals surface area (Å²) in [6.07, 6.45) is 4.73. The van der Waals surface area contributed by atoms with Gasteiger partial charge in [0, 0.05) is 23.5 Å². The van der Waals surface area contributed by atoms with E-state index < -0.39 is 96.3 Å². The molecule has 1 heterocycles. The fraction of sp³-hybridized carbons (Fsp3) is 0.378. The van der Waals surface area contributed by atoms with Gasteiger partial charge < -0.3 is 47.9 Å². The molecule has 0 fully saturated rings. The van der Waals surface area contributed by atoms with Gasteiger partial charge in [0.25, 0.3) is 0 Å². The molecule has 0 aliphatic heterocycles. The number of nitrogens with one attached hydrogen (secondary N) is 7. The van der Waals surface area contributed by atoms with Crippen LogP contribution in [0.3, 0.4) is 0 Å². The topological polar surface area (TPSA) is 317 Å². The number of aliphatic carboxylic acids is 1. The first-order chi connectivity index (χ1) is 31.6. The number of para-hydroxylation sites is 1. The lowest BCUT2D eigenvalue weighted by Crippen LogP contribution is -2.60. The van der Waals surface area contributed by atoms with Crippen molar-refractivity contribution in [3.8, 4) is 5.75 Å². The van der Waals surface area contributed by atoms with Gasteiger partial charge in [-0.1, -0.05) is 60.7 Å². The number of carboxylic acids is 1. The Kier molecular flexibility index (Phi) is 21.1. The molecule has 4 rings (SSSR count). The molecule has 0 saturated carbocycles. The number of hydrogen-bond acceptors (Lipinski definition) is 14. The normalized spacial score (nSPS) is 13.9. The number of H-pyrrole nitrogens is 1. The van der Waals surface area contributed by atoms with Crippen molar-refractivity contribution in [1.29, 1.82) is 0 Å². The summed E-state index contributed by atoms with van der Waals surface area (Å²) in [5.74, 6) is -6.39. The van der Waals surface area contributed by atoms with E-state index in [2.05, 4.69) is 37.1 Å². The first kappa shape index (κ1) is 52.4. The van der Waals surface area contributed by atoms with E-state index in [-0.39, 0.29) is 37.9 Å². The number of rotatable bonds is 29. The largest absolute Gasteiger partial charge is 0.508 e. The number of phenolic OH excluding ortho intramolecular Hbond substituents is 1. The predicted octanol–water partition coefficient (Wildman–Crippen LogP) is 0.235. The van der Waals surface area contributed by atoms with Crippen molar-refractivity contribution in [3.63, 3.8) is 0 Å². The minimum absolute atomic E-state index is 0.0129. The number of benzene rings is 3. The Morgan fingerprint density at radius 1 is 0.652 bits per heavy atom. The van der Waals surface area contributed by atoms with Gasteiger partial charge in [-0.3, -0.25) is 38.4 Å². The highest BCUT2D eigenvalue weighted by molar-refractivity contribution is 7.98. The van der Waals surface area contributed by atoms with Crippen LogP contribution in [-0.2, 0) is 57.6 Å². The number of carbonyl (C=O) groups excluding carboxylic acids is 7. The Morgan fingerprint density at radius 2 is 1.24 bits per heavy atom. The van der Waals surface area contributed by atoms with E-state index in [0.29, 0.717) is 22.6 Å². The van der Waals surface area contributed by atoms with E-state index in [1.807, 2.05) is 18.2 Å². The third-order valence-corrected chi connectivity index (χ3v) is 11.7. The smallest absolute Gasteiger partial charge is 0.305 e. The lowest BCUT2D eigenvalue weighted by atomic mass is 9.96. The van der Waals surface area contributed by atoms with Crippen LogP contribution in [0.5, 0.6) is 5.75 Å². The van der Waals surface area contributed by atoms with Crippen LogP contribution >= 0.6 is 23.5 Å². The van der Waals surface area contributed by atoms with Crippen molar-refractivity contribution in [3.05, 3.63) is 102 Å². The lowest BCUT2D eigenvalue weighted by Gasteiger charge is -2.26. The molecular weight excluding hydrogens is 891 g/mol. The molecule has 0 radical (unpaired) electrons. The average Bonchev–Trinajstić information content (AvgIpc) is 3.71. The van der Waals surface area contributed by atoms with E-state index in [1.54, 1.807) is 67.2 Å². The Balaban J connectivity index is 1.49. The Bertz CT molecular complexity index is 2300. The van der Waals surface area contributed by atoms with Crippen molar-refractivity contribution in [2.45, 2.75) is 74.8 Å². The average molecular weight is 948 g/mol. The molecule has 5 amide bonds. The standard InChI is InChI=1S/C45H57N9O10S2/c1-65-18-16-33(41(60)40(59)31(46)20-27-12-14-29(55)15-13-27)50-38(56)25-49-43(62)36(22-28-24-48-32-11-7-6-10-30(28)32)52-44(63)34(17-19-66-2)51-45(64)37(23-39(57)58)54-53-35(42(47)61)21-26-8-4-3-5-9-26/h3-15,24,31,33-37,48,53-55H,16-23,25,46H2,1-2H3,(H2,47,61)(H,49,62)(H,50,56)(H,51,64)(H,52,63)(H,57,58). The number of hydrogen-bond donors (Lipinski definition) is 11. The van der Waals surface area contributed by atoms with E-state index in [4.69, 9.17) is 11.5 Å². The fourth-order valence-electron chi connectivity index (χ4n) is 6.81. The molecule has 21 heteroatoms. The Morgan fingerprint density at radius 3 is 1.89 bits per heavy atom.